The number of anilines is 2. The van der Waals surface area contributed by atoms with Crippen molar-refractivity contribution in [2.24, 2.45) is 5.92 Å². The molecule has 4 N–H and O–H groups in total. The van der Waals surface area contributed by atoms with Crippen molar-refractivity contribution in [3.05, 3.63) is 23.2 Å². The Morgan fingerprint density at radius 2 is 2.24 bits per heavy atom. The van der Waals surface area contributed by atoms with Crippen LogP contribution in [0, 0.1) is 5.92 Å². The Balaban J connectivity index is 1.87. The fraction of sp³-hybridized carbons (Fsp3) is 0.533. The molecule has 116 valence electrons. The molecular weight excluding hydrogens is 290 g/mol. The molecule has 0 aromatic heterocycles. The number of amides is 1. The summed E-state index contributed by atoms with van der Waals surface area (Å²) in [5, 5.41) is 12.6. The van der Waals surface area contributed by atoms with Crippen LogP contribution in [0.25, 0.3) is 0 Å². The minimum absolute atomic E-state index is 0.0842. The van der Waals surface area contributed by atoms with E-state index in [1.807, 2.05) is 18.9 Å². The zero-order valence-corrected chi connectivity index (χ0v) is 13.1. The Morgan fingerprint density at radius 1 is 1.57 bits per heavy atom. The molecule has 1 amide bonds. The van der Waals surface area contributed by atoms with Crippen LogP contribution in [-0.2, 0) is 4.79 Å². The topological polar surface area (TPSA) is 78.6 Å². The SMILES string of the molecule is CC(C(=O)Nc1ccc(Cl)c(N)c1)N(C)CC1CC(O)C1. The molecule has 0 saturated heterocycles. The summed E-state index contributed by atoms with van der Waals surface area (Å²) in [6.45, 7) is 2.68. The average Bonchev–Trinajstić information content (AvgIpc) is 2.40. The molecule has 1 fully saturated rings. The lowest BCUT2D eigenvalue weighted by Crippen LogP contribution is -2.45. The second-order valence-electron chi connectivity index (χ2n) is 5.83. The van der Waals surface area contributed by atoms with Crippen LogP contribution in [0.4, 0.5) is 11.4 Å². The van der Waals surface area contributed by atoms with E-state index in [1.165, 1.54) is 0 Å². The van der Waals surface area contributed by atoms with Gasteiger partial charge in [0.25, 0.3) is 0 Å². The normalized spacial score (nSPS) is 22.7. The Morgan fingerprint density at radius 3 is 2.81 bits per heavy atom. The van der Waals surface area contributed by atoms with Crippen molar-refractivity contribution < 1.29 is 9.90 Å². The number of nitrogens with one attached hydrogen (secondary N) is 1. The molecule has 0 spiro atoms. The highest BCUT2D eigenvalue weighted by Gasteiger charge is 2.30. The van der Waals surface area contributed by atoms with Crippen molar-refractivity contribution in [2.45, 2.75) is 31.9 Å². The smallest absolute Gasteiger partial charge is 0.241 e. The molecule has 21 heavy (non-hydrogen) atoms. The molecule has 1 aliphatic carbocycles. The van der Waals surface area contributed by atoms with Crippen LogP contribution in [0.3, 0.4) is 0 Å². The third-order valence-corrected chi connectivity index (χ3v) is 4.41. The maximum Gasteiger partial charge on any atom is 0.241 e. The van der Waals surface area contributed by atoms with E-state index in [4.69, 9.17) is 17.3 Å². The summed E-state index contributed by atoms with van der Waals surface area (Å²) in [5.41, 5.74) is 6.80. The molecule has 1 aromatic carbocycles. The molecule has 1 atom stereocenters. The first-order valence-electron chi connectivity index (χ1n) is 7.11. The lowest BCUT2D eigenvalue weighted by molar-refractivity contribution is -0.120. The molecule has 1 saturated carbocycles. The standard InChI is InChI=1S/C15H22ClN3O2/c1-9(19(2)8-10-5-12(20)6-10)15(21)18-11-3-4-13(16)14(17)7-11/h3-4,7,9-10,12,20H,5-6,8,17H2,1-2H3,(H,18,21). The summed E-state index contributed by atoms with van der Waals surface area (Å²) >= 11 is 5.86. The van der Waals surface area contributed by atoms with Crippen molar-refractivity contribution in [2.75, 3.05) is 24.6 Å². The van der Waals surface area contributed by atoms with Gasteiger partial charge in [0, 0.05) is 12.2 Å². The molecule has 1 unspecified atom stereocenters. The number of benzene rings is 1. The minimum Gasteiger partial charge on any atom is -0.397 e. The summed E-state index contributed by atoms with van der Waals surface area (Å²) < 4.78 is 0. The number of hydrogen-bond donors (Lipinski definition) is 3. The van der Waals surface area contributed by atoms with E-state index >= 15 is 0 Å². The molecule has 0 heterocycles. The first-order chi connectivity index (χ1) is 9.86. The number of hydrogen-bond acceptors (Lipinski definition) is 4. The molecule has 0 bridgehead atoms. The van der Waals surface area contributed by atoms with E-state index < -0.39 is 0 Å². The van der Waals surface area contributed by atoms with Gasteiger partial charge in [-0.3, -0.25) is 9.69 Å². The largest absolute Gasteiger partial charge is 0.397 e. The Bertz CT molecular complexity index is 518. The Kier molecular flexibility index (Phi) is 5.08. The van der Waals surface area contributed by atoms with Crippen LogP contribution in [0.1, 0.15) is 19.8 Å². The number of likely N-dealkylation sites (N-methyl/N-ethyl adjacent to an activating group) is 1. The Hall–Kier alpha value is -1.30. The number of nitrogens with two attached hydrogens (primary N) is 1. The Labute approximate surface area is 130 Å². The van der Waals surface area contributed by atoms with Crippen LogP contribution in [-0.4, -0.2) is 41.7 Å². The number of halogens is 1. The third-order valence-electron chi connectivity index (χ3n) is 4.06. The second kappa shape index (κ2) is 6.64. The number of aliphatic hydroxyl groups excluding tert-OH is 1. The zero-order chi connectivity index (χ0) is 15.6. The first kappa shape index (κ1) is 16.1. The maximum absolute atomic E-state index is 12.2. The summed E-state index contributed by atoms with van der Waals surface area (Å²) in [7, 11) is 1.92. The second-order valence-corrected chi connectivity index (χ2v) is 6.24. The molecule has 2 rings (SSSR count). The highest BCUT2D eigenvalue weighted by Crippen LogP contribution is 2.28. The van der Waals surface area contributed by atoms with Crippen LogP contribution < -0.4 is 11.1 Å². The highest BCUT2D eigenvalue weighted by atomic mass is 35.5. The number of aliphatic hydroxyl groups is 1. The van der Waals surface area contributed by atoms with Gasteiger partial charge in [-0.05, 0) is 50.9 Å². The van der Waals surface area contributed by atoms with E-state index in [0.717, 1.165) is 19.4 Å². The number of carbonyl (C=O) groups is 1. The van der Waals surface area contributed by atoms with Gasteiger partial charge in [-0.25, -0.2) is 0 Å². The van der Waals surface area contributed by atoms with Crippen molar-refractivity contribution in [1.29, 1.82) is 0 Å². The maximum atomic E-state index is 12.2. The van der Waals surface area contributed by atoms with Crippen LogP contribution in [0.2, 0.25) is 5.02 Å². The number of nitrogen functional groups attached to an aromatic ring is 1. The third kappa shape index (κ3) is 4.09. The molecule has 0 radical (unpaired) electrons. The van der Waals surface area contributed by atoms with Crippen molar-refractivity contribution in [3.8, 4) is 0 Å². The van der Waals surface area contributed by atoms with Gasteiger partial charge in [-0.1, -0.05) is 11.6 Å². The number of carbonyl (C=O) groups excluding carboxylic acids is 1. The van der Waals surface area contributed by atoms with Gasteiger partial charge < -0.3 is 16.2 Å². The van der Waals surface area contributed by atoms with Gasteiger partial charge in [0.15, 0.2) is 0 Å². The van der Waals surface area contributed by atoms with Crippen molar-refractivity contribution >= 4 is 28.9 Å². The van der Waals surface area contributed by atoms with Gasteiger partial charge in [0.05, 0.1) is 22.9 Å². The van der Waals surface area contributed by atoms with Crippen molar-refractivity contribution in [3.63, 3.8) is 0 Å². The zero-order valence-electron chi connectivity index (χ0n) is 12.3. The van der Waals surface area contributed by atoms with Gasteiger partial charge in [-0.2, -0.15) is 0 Å². The van der Waals surface area contributed by atoms with Gasteiger partial charge in [-0.15, -0.1) is 0 Å². The molecule has 0 aliphatic heterocycles. The van der Waals surface area contributed by atoms with E-state index in [1.54, 1.807) is 18.2 Å². The summed E-state index contributed by atoms with van der Waals surface area (Å²) in [5.74, 6) is 0.394. The van der Waals surface area contributed by atoms with E-state index in [9.17, 15) is 9.90 Å². The lowest BCUT2D eigenvalue weighted by Gasteiger charge is -2.36. The van der Waals surface area contributed by atoms with Crippen LogP contribution in [0.15, 0.2) is 18.2 Å². The number of nitrogens with zero attached hydrogens (tertiary/aromatic N) is 1. The minimum atomic E-state index is -0.250. The van der Waals surface area contributed by atoms with Gasteiger partial charge >= 0.3 is 0 Å². The predicted octanol–water partition coefficient (Wildman–Crippen LogP) is 1.95. The first-order valence-corrected chi connectivity index (χ1v) is 7.48. The lowest BCUT2D eigenvalue weighted by atomic mass is 9.82. The molecule has 1 aromatic rings. The van der Waals surface area contributed by atoms with Crippen LogP contribution >= 0.6 is 11.6 Å². The quantitative estimate of drug-likeness (QED) is 0.726. The summed E-state index contributed by atoms with van der Waals surface area (Å²) in [4.78, 5) is 14.2. The number of rotatable bonds is 5. The average molecular weight is 312 g/mol. The van der Waals surface area contributed by atoms with Gasteiger partial charge in [0.2, 0.25) is 5.91 Å². The van der Waals surface area contributed by atoms with E-state index in [-0.39, 0.29) is 18.1 Å². The monoisotopic (exact) mass is 311 g/mol. The molecule has 1 aliphatic rings. The fourth-order valence-electron chi connectivity index (χ4n) is 2.48. The molecular formula is C15H22ClN3O2. The highest BCUT2D eigenvalue weighted by molar-refractivity contribution is 6.33. The van der Waals surface area contributed by atoms with E-state index in [2.05, 4.69) is 5.32 Å². The molecule has 5 nitrogen and oxygen atoms in total. The van der Waals surface area contributed by atoms with Gasteiger partial charge in [0.1, 0.15) is 0 Å². The van der Waals surface area contributed by atoms with E-state index in [0.29, 0.717) is 22.3 Å². The summed E-state index contributed by atoms with van der Waals surface area (Å²) in [6, 6.07) is 4.79. The van der Waals surface area contributed by atoms with Crippen molar-refractivity contribution in [1.82, 2.24) is 4.90 Å². The molecule has 6 heteroatoms. The van der Waals surface area contributed by atoms with Crippen LogP contribution in [0.5, 0.6) is 0 Å². The predicted molar refractivity (Wildman–Crippen MR) is 85.3 cm³/mol. The summed E-state index contributed by atoms with van der Waals surface area (Å²) in [6.07, 6.45) is 1.49. The fourth-order valence-corrected chi connectivity index (χ4v) is 2.60.